The Balaban J connectivity index is 1.97. The average Bonchev–Trinajstić information content (AvgIpc) is 2.74. The summed E-state index contributed by atoms with van der Waals surface area (Å²) in [6, 6.07) is 0.350. The monoisotopic (exact) mass is 197 g/mol. The van der Waals surface area contributed by atoms with E-state index in [9.17, 15) is 4.79 Å². The van der Waals surface area contributed by atoms with Crippen LogP contribution in [0.15, 0.2) is 0 Å². The number of hydrogen-bond acceptors (Lipinski definition) is 3. The average molecular weight is 197 g/mol. The molecule has 0 aromatic rings. The van der Waals surface area contributed by atoms with Crippen LogP contribution in [0, 0.1) is 5.41 Å². The molecule has 1 saturated heterocycles. The zero-order valence-corrected chi connectivity index (χ0v) is 8.54. The lowest BCUT2D eigenvalue weighted by Gasteiger charge is -2.23. The summed E-state index contributed by atoms with van der Waals surface area (Å²) in [6.07, 6.45) is 4.50. The molecular formula is C10H19N3O. The number of carbonyl (C=O) groups excluding carboxylic acids is 1. The van der Waals surface area contributed by atoms with E-state index < -0.39 is 0 Å². The van der Waals surface area contributed by atoms with Gasteiger partial charge in [0.25, 0.3) is 0 Å². The van der Waals surface area contributed by atoms with Gasteiger partial charge in [-0.1, -0.05) is 0 Å². The first-order valence-corrected chi connectivity index (χ1v) is 5.39. The van der Waals surface area contributed by atoms with Crippen molar-refractivity contribution < 1.29 is 4.79 Å². The lowest BCUT2D eigenvalue weighted by atomic mass is 9.85. The summed E-state index contributed by atoms with van der Waals surface area (Å²) in [5.74, 6) is 0.0855. The topological polar surface area (TPSA) is 72.4 Å². The SMILES string of the molecule is NCC(=O)N1CC[C@]2(CC[C@H](N)C2)C1. The molecule has 1 spiro atoms. The van der Waals surface area contributed by atoms with E-state index in [4.69, 9.17) is 11.5 Å². The summed E-state index contributed by atoms with van der Waals surface area (Å²) < 4.78 is 0. The second-order valence-electron chi connectivity index (χ2n) is 4.77. The third-order valence-electron chi connectivity index (χ3n) is 3.71. The third kappa shape index (κ3) is 1.64. The van der Waals surface area contributed by atoms with Crippen LogP contribution in [0.25, 0.3) is 0 Å². The van der Waals surface area contributed by atoms with Crippen molar-refractivity contribution in [3.05, 3.63) is 0 Å². The molecule has 0 radical (unpaired) electrons. The molecular weight excluding hydrogens is 178 g/mol. The lowest BCUT2D eigenvalue weighted by Crippen LogP contribution is -2.36. The summed E-state index contributed by atoms with van der Waals surface area (Å²) in [5, 5.41) is 0. The molecule has 2 atom stereocenters. The second kappa shape index (κ2) is 3.51. The van der Waals surface area contributed by atoms with Gasteiger partial charge in [0, 0.05) is 19.1 Å². The van der Waals surface area contributed by atoms with E-state index in [1.54, 1.807) is 0 Å². The summed E-state index contributed by atoms with van der Waals surface area (Å²) >= 11 is 0. The van der Waals surface area contributed by atoms with Crippen molar-refractivity contribution in [1.82, 2.24) is 4.90 Å². The van der Waals surface area contributed by atoms with Crippen molar-refractivity contribution in [2.45, 2.75) is 31.7 Å². The smallest absolute Gasteiger partial charge is 0.236 e. The highest BCUT2D eigenvalue weighted by atomic mass is 16.2. The number of hydrogen-bond donors (Lipinski definition) is 2. The summed E-state index contributed by atoms with van der Waals surface area (Å²) in [7, 11) is 0. The Morgan fingerprint density at radius 3 is 2.86 bits per heavy atom. The van der Waals surface area contributed by atoms with Crippen LogP contribution in [0.2, 0.25) is 0 Å². The molecule has 1 amide bonds. The van der Waals surface area contributed by atoms with Gasteiger partial charge in [-0.25, -0.2) is 0 Å². The van der Waals surface area contributed by atoms with Gasteiger partial charge >= 0.3 is 0 Å². The van der Waals surface area contributed by atoms with Gasteiger partial charge in [0.1, 0.15) is 0 Å². The number of rotatable bonds is 1. The van der Waals surface area contributed by atoms with Crippen LogP contribution >= 0.6 is 0 Å². The Kier molecular flexibility index (Phi) is 2.49. The molecule has 1 heterocycles. The van der Waals surface area contributed by atoms with E-state index in [0.717, 1.165) is 32.4 Å². The van der Waals surface area contributed by atoms with Gasteiger partial charge in [-0.3, -0.25) is 4.79 Å². The zero-order chi connectivity index (χ0) is 10.2. The zero-order valence-electron chi connectivity index (χ0n) is 8.54. The van der Waals surface area contributed by atoms with Crippen LogP contribution in [-0.4, -0.2) is 36.5 Å². The van der Waals surface area contributed by atoms with Crippen LogP contribution in [-0.2, 0) is 4.79 Å². The van der Waals surface area contributed by atoms with E-state index in [0.29, 0.717) is 11.5 Å². The number of amides is 1. The van der Waals surface area contributed by atoms with Crippen molar-refractivity contribution in [2.24, 2.45) is 16.9 Å². The molecule has 4 N–H and O–H groups in total. The summed E-state index contributed by atoms with van der Waals surface area (Å²) in [4.78, 5) is 13.3. The molecule has 0 aromatic heterocycles. The van der Waals surface area contributed by atoms with E-state index >= 15 is 0 Å². The molecule has 2 aliphatic rings. The molecule has 4 heteroatoms. The first-order valence-electron chi connectivity index (χ1n) is 5.39. The molecule has 1 aliphatic carbocycles. The van der Waals surface area contributed by atoms with Crippen molar-refractivity contribution in [3.63, 3.8) is 0 Å². The number of carbonyl (C=O) groups is 1. The van der Waals surface area contributed by atoms with Gasteiger partial charge < -0.3 is 16.4 Å². The van der Waals surface area contributed by atoms with Crippen LogP contribution in [0.5, 0.6) is 0 Å². The summed E-state index contributed by atoms with van der Waals surface area (Å²) in [5.41, 5.74) is 11.6. The van der Waals surface area contributed by atoms with E-state index in [1.807, 2.05) is 4.90 Å². The van der Waals surface area contributed by atoms with Crippen molar-refractivity contribution in [2.75, 3.05) is 19.6 Å². The maximum absolute atomic E-state index is 11.4. The highest BCUT2D eigenvalue weighted by molar-refractivity contribution is 5.78. The van der Waals surface area contributed by atoms with Crippen molar-refractivity contribution in [3.8, 4) is 0 Å². The fraction of sp³-hybridized carbons (Fsp3) is 0.900. The molecule has 4 nitrogen and oxygen atoms in total. The molecule has 0 unspecified atom stereocenters. The first kappa shape index (κ1) is 9.93. The van der Waals surface area contributed by atoms with Gasteiger partial charge in [-0.15, -0.1) is 0 Å². The first-order chi connectivity index (χ1) is 6.65. The fourth-order valence-corrected chi connectivity index (χ4v) is 2.90. The Morgan fingerprint density at radius 2 is 2.29 bits per heavy atom. The number of nitrogens with zero attached hydrogens (tertiary/aromatic N) is 1. The van der Waals surface area contributed by atoms with Gasteiger partial charge in [0.2, 0.25) is 5.91 Å². The molecule has 80 valence electrons. The standard InChI is InChI=1S/C10H19N3O/c11-6-9(14)13-4-3-10(7-13)2-1-8(12)5-10/h8H,1-7,11-12H2/t8-,10-/m0/s1. The van der Waals surface area contributed by atoms with E-state index in [2.05, 4.69) is 0 Å². The molecule has 2 rings (SSSR count). The van der Waals surface area contributed by atoms with Crippen molar-refractivity contribution in [1.29, 1.82) is 0 Å². The van der Waals surface area contributed by atoms with Gasteiger partial charge in [-0.05, 0) is 31.1 Å². The summed E-state index contributed by atoms with van der Waals surface area (Å²) in [6.45, 7) is 1.90. The highest BCUT2D eigenvalue weighted by Gasteiger charge is 2.43. The highest BCUT2D eigenvalue weighted by Crippen LogP contribution is 2.44. The minimum absolute atomic E-state index is 0.0855. The van der Waals surface area contributed by atoms with Crippen LogP contribution in [0.3, 0.4) is 0 Å². The molecule has 2 fully saturated rings. The normalized spacial score (nSPS) is 37.0. The maximum Gasteiger partial charge on any atom is 0.236 e. The molecule has 0 aromatic carbocycles. The lowest BCUT2D eigenvalue weighted by molar-refractivity contribution is -0.129. The Hall–Kier alpha value is -0.610. The predicted octanol–water partition coefficient (Wildman–Crippen LogP) is -0.325. The van der Waals surface area contributed by atoms with Gasteiger partial charge in [-0.2, -0.15) is 0 Å². The Labute approximate surface area is 84.6 Å². The van der Waals surface area contributed by atoms with Crippen LogP contribution < -0.4 is 11.5 Å². The number of likely N-dealkylation sites (tertiary alicyclic amines) is 1. The van der Waals surface area contributed by atoms with Crippen LogP contribution in [0.1, 0.15) is 25.7 Å². The van der Waals surface area contributed by atoms with Gasteiger partial charge in [0.15, 0.2) is 0 Å². The van der Waals surface area contributed by atoms with Crippen molar-refractivity contribution >= 4 is 5.91 Å². The number of nitrogens with two attached hydrogens (primary N) is 2. The minimum Gasteiger partial charge on any atom is -0.341 e. The van der Waals surface area contributed by atoms with E-state index in [-0.39, 0.29) is 12.5 Å². The fourth-order valence-electron chi connectivity index (χ4n) is 2.90. The minimum atomic E-state index is 0.0855. The molecule has 0 bridgehead atoms. The second-order valence-corrected chi connectivity index (χ2v) is 4.77. The predicted molar refractivity (Wildman–Crippen MR) is 54.5 cm³/mol. The van der Waals surface area contributed by atoms with Gasteiger partial charge in [0.05, 0.1) is 6.54 Å². The molecule has 1 saturated carbocycles. The maximum atomic E-state index is 11.4. The quantitative estimate of drug-likeness (QED) is 0.605. The van der Waals surface area contributed by atoms with Crippen LogP contribution in [0.4, 0.5) is 0 Å². The Morgan fingerprint density at radius 1 is 1.50 bits per heavy atom. The Bertz CT molecular complexity index is 244. The molecule has 14 heavy (non-hydrogen) atoms. The largest absolute Gasteiger partial charge is 0.341 e. The molecule has 1 aliphatic heterocycles. The van der Waals surface area contributed by atoms with E-state index in [1.165, 1.54) is 6.42 Å². The third-order valence-corrected chi connectivity index (χ3v) is 3.71.